The SMILES string of the molecule is O=S(=O)(NN=Cc1cccc(OCc2cccc3ccccc23)c1)c1ccc2ccccc2c1. The van der Waals surface area contributed by atoms with Crippen molar-refractivity contribution in [2.45, 2.75) is 11.5 Å². The van der Waals surface area contributed by atoms with Crippen molar-refractivity contribution in [3.63, 3.8) is 0 Å². The summed E-state index contributed by atoms with van der Waals surface area (Å²) in [6, 6.07) is 34.3. The third kappa shape index (κ3) is 4.77. The summed E-state index contributed by atoms with van der Waals surface area (Å²) in [6.07, 6.45) is 1.46. The van der Waals surface area contributed by atoms with Crippen LogP contribution in [0.15, 0.2) is 119 Å². The Bertz CT molecular complexity index is 1610. The Balaban J connectivity index is 1.27. The molecule has 0 fully saturated rings. The van der Waals surface area contributed by atoms with Crippen LogP contribution in [0.3, 0.4) is 0 Å². The van der Waals surface area contributed by atoms with Gasteiger partial charge in [-0.15, -0.1) is 0 Å². The predicted octanol–water partition coefficient (Wildman–Crippen LogP) is 5.88. The third-order valence-corrected chi connectivity index (χ3v) is 6.77. The summed E-state index contributed by atoms with van der Waals surface area (Å²) < 4.78 is 31.3. The van der Waals surface area contributed by atoms with E-state index in [0.717, 1.165) is 27.3 Å². The van der Waals surface area contributed by atoms with Gasteiger partial charge in [-0.05, 0) is 56.9 Å². The van der Waals surface area contributed by atoms with Gasteiger partial charge >= 0.3 is 0 Å². The van der Waals surface area contributed by atoms with Crippen LogP contribution in [0.2, 0.25) is 0 Å². The lowest BCUT2D eigenvalue weighted by Gasteiger charge is -2.09. The average Bonchev–Trinajstić information content (AvgIpc) is 2.87. The number of hydrogen-bond acceptors (Lipinski definition) is 4. The number of nitrogens with one attached hydrogen (secondary N) is 1. The van der Waals surface area contributed by atoms with Crippen molar-refractivity contribution in [2.75, 3.05) is 0 Å². The lowest BCUT2D eigenvalue weighted by molar-refractivity contribution is 0.307. The van der Waals surface area contributed by atoms with Crippen molar-refractivity contribution in [2.24, 2.45) is 5.10 Å². The fourth-order valence-electron chi connectivity index (χ4n) is 3.82. The number of ether oxygens (including phenoxy) is 1. The standard InChI is InChI=1S/C28H22N2O3S/c31-34(32,27-16-15-22-8-1-2-10-24(22)18-27)30-29-19-21-7-5-13-26(17-21)33-20-25-12-6-11-23-9-3-4-14-28(23)25/h1-19,30H,20H2. The molecule has 0 spiro atoms. The van der Waals surface area contributed by atoms with Crippen molar-refractivity contribution < 1.29 is 13.2 Å². The van der Waals surface area contributed by atoms with Crippen molar-refractivity contribution >= 4 is 37.8 Å². The molecule has 0 saturated heterocycles. The molecule has 0 amide bonds. The first-order chi connectivity index (χ1) is 16.6. The summed E-state index contributed by atoms with van der Waals surface area (Å²) in [4.78, 5) is 2.45. The quantitative estimate of drug-likeness (QED) is 0.240. The zero-order valence-corrected chi connectivity index (χ0v) is 19.1. The Labute approximate surface area is 198 Å². The molecule has 0 atom stereocenters. The Kier molecular flexibility index (Phi) is 5.97. The maximum Gasteiger partial charge on any atom is 0.276 e. The lowest BCUT2D eigenvalue weighted by atomic mass is 10.1. The van der Waals surface area contributed by atoms with Gasteiger partial charge in [0.05, 0.1) is 11.1 Å². The number of sulfonamides is 1. The molecule has 0 aliphatic heterocycles. The van der Waals surface area contributed by atoms with Crippen LogP contribution in [0.25, 0.3) is 21.5 Å². The van der Waals surface area contributed by atoms with Gasteiger partial charge in [0, 0.05) is 0 Å². The first kappa shape index (κ1) is 21.7. The van der Waals surface area contributed by atoms with Crippen LogP contribution in [0.5, 0.6) is 5.75 Å². The smallest absolute Gasteiger partial charge is 0.276 e. The molecular weight excluding hydrogens is 444 g/mol. The fraction of sp³-hybridized carbons (Fsp3) is 0.0357. The second-order valence-corrected chi connectivity index (χ2v) is 9.52. The van der Waals surface area contributed by atoms with Crippen LogP contribution in [-0.4, -0.2) is 14.6 Å². The van der Waals surface area contributed by atoms with Crippen LogP contribution in [0, 0.1) is 0 Å². The summed E-state index contributed by atoms with van der Waals surface area (Å²) in [6.45, 7) is 0.427. The van der Waals surface area contributed by atoms with E-state index < -0.39 is 10.0 Å². The second kappa shape index (κ2) is 9.37. The average molecular weight is 467 g/mol. The van der Waals surface area contributed by atoms with Crippen LogP contribution < -0.4 is 9.57 Å². The number of hydrogen-bond donors (Lipinski definition) is 1. The van der Waals surface area contributed by atoms with Crippen LogP contribution in [-0.2, 0) is 16.6 Å². The van der Waals surface area contributed by atoms with Gasteiger partial charge in [-0.2, -0.15) is 13.5 Å². The highest BCUT2D eigenvalue weighted by Gasteiger charge is 2.13. The third-order valence-electron chi connectivity index (χ3n) is 5.55. The molecule has 0 aromatic heterocycles. The Morgan fingerprint density at radius 3 is 2.35 bits per heavy atom. The molecule has 5 nitrogen and oxygen atoms in total. The highest BCUT2D eigenvalue weighted by Crippen LogP contribution is 2.21. The maximum atomic E-state index is 12.6. The van der Waals surface area contributed by atoms with Crippen LogP contribution in [0.4, 0.5) is 0 Å². The monoisotopic (exact) mass is 466 g/mol. The van der Waals surface area contributed by atoms with E-state index in [2.05, 4.69) is 34.2 Å². The van der Waals surface area contributed by atoms with Gasteiger partial charge in [0.1, 0.15) is 12.4 Å². The van der Waals surface area contributed by atoms with E-state index in [1.807, 2.05) is 66.7 Å². The van der Waals surface area contributed by atoms with Gasteiger partial charge in [0.2, 0.25) is 0 Å². The summed E-state index contributed by atoms with van der Waals surface area (Å²) in [5.74, 6) is 0.675. The molecule has 5 rings (SSSR count). The van der Waals surface area contributed by atoms with E-state index in [-0.39, 0.29) is 4.90 Å². The Morgan fingerprint density at radius 1 is 0.735 bits per heavy atom. The minimum Gasteiger partial charge on any atom is -0.489 e. The van der Waals surface area contributed by atoms with Crippen LogP contribution >= 0.6 is 0 Å². The predicted molar refractivity (Wildman–Crippen MR) is 137 cm³/mol. The normalized spacial score (nSPS) is 11.8. The minimum absolute atomic E-state index is 0.163. The Hall–Kier alpha value is -4.16. The second-order valence-electron chi connectivity index (χ2n) is 7.86. The number of rotatable bonds is 7. The number of hydrazone groups is 1. The Morgan fingerprint density at radius 2 is 1.47 bits per heavy atom. The first-order valence-corrected chi connectivity index (χ1v) is 12.3. The van der Waals surface area contributed by atoms with E-state index >= 15 is 0 Å². The zero-order valence-electron chi connectivity index (χ0n) is 18.3. The summed E-state index contributed by atoms with van der Waals surface area (Å²) in [7, 11) is -3.78. The molecule has 5 aromatic rings. The molecule has 0 radical (unpaired) electrons. The van der Waals surface area contributed by atoms with Gasteiger partial charge in [-0.3, -0.25) is 0 Å². The zero-order chi connectivity index (χ0) is 23.4. The van der Waals surface area contributed by atoms with Crippen molar-refractivity contribution in [3.05, 3.63) is 120 Å². The van der Waals surface area contributed by atoms with E-state index in [4.69, 9.17) is 4.74 Å². The fourth-order valence-corrected chi connectivity index (χ4v) is 4.65. The molecule has 0 saturated carbocycles. The van der Waals surface area contributed by atoms with Gasteiger partial charge in [-0.25, -0.2) is 4.83 Å². The first-order valence-electron chi connectivity index (χ1n) is 10.8. The summed E-state index contributed by atoms with van der Waals surface area (Å²) in [5, 5.41) is 8.11. The summed E-state index contributed by atoms with van der Waals surface area (Å²) >= 11 is 0. The van der Waals surface area contributed by atoms with Gasteiger partial charge in [-0.1, -0.05) is 84.9 Å². The van der Waals surface area contributed by atoms with E-state index in [1.165, 1.54) is 11.6 Å². The molecule has 0 heterocycles. The molecule has 5 aromatic carbocycles. The van der Waals surface area contributed by atoms with Crippen molar-refractivity contribution in [1.82, 2.24) is 4.83 Å². The van der Waals surface area contributed by atoms with E-state index in [9.17, 15) is 8.42 Å². The molecule has 34 heavy (non-hydrogen) atoms. The van der Waals surface area contributed by atoms with Gasteiger partial charge in [0.25, 0.3) is 10.0 Å². The molecule has 0 bridgehead atoms. The molecule has 0 aliphatic carbocycles. The lowest BCUT2D eigenvalue weighted by Crippen LogP contribution is -2.18. The summed E-state index contributed by atoms with van der Waals surface area (Å²) in [5.41, 5.74) is 1.82. The minimum atomic E-state index is -3.78. The van der Waals surface area contributed by atoms with Crippen molar-refractivity contribution in [1.29, 1.82) is 0 Å². The highest BCUT2D eigenvalue weighted by atomic mass is 32.2. The van der Waals surface area contributed by atoms with Crippen LogP contribution in [0.1, 0.15) is 11.1 Å². The molecule has 0 aliphatic rings. The number of benzene rings is 5. The molecule has 168 valence electrons. The molecule has 0 unspecified atom stereocenters. The number of nitrogens with zero attached hydrogens (tertiary/aromatic N) is 1. The maximum absolute atomic E-state index is 12.6. The molecule has 1 N–H and O–H groups in total. The van der Waals surface area contributed by atoms with Gasteiger partial charge < -0.3 is 4.74 Å². The molecular formula is C28H22N2O3S. The largest absolute Gasteiger partial charge is 0.489 e. The van der Waals surface area contributed by atoms with E-state index in [1.54, 1.807) is 18.2 Å². The topological polar surface area (TPSA) is 67.8 Å². The van der Waals surface area contributed by atoms with Crippen molar-refractivity contribution in [3.8, 4) is 5.75 Å². The van der Waals surface area contributed by atoms with Gasteiger partial charge in [0.15, 0.2) is 0 Å². The number of fused-ring (bicyclic) bond motifs is 2. The highest BCUT2D eigenvalue weighted by molar-refractivity contribution is 7.89. The van der Waals surface area contributed by atoms with E-state index in [0.29, 0.717) is 12.4 Å². The molecule has 6 heteroatoms.